The highest BCUT2D eigenvalue weighted by Crippen LogP contribution is 2.34. The normalized spacial score (nSPS) is 30.1. The number of carbonyl (C=O) groups is 1. The third kappa shape index (κ3) is 6.94. The van der Waals surface area contributed by atoms with Gasteiger partial charge >= 0.3 is 5.97 Å². The van der Waals surface area contributed by atoms with Gasteiger partial charge in [-0.25, -0.2) is 0 Å². The Morgan fingerprint density at radius 2 is 1.85 bits per heavy atom. The molecule has 0 aromatic rings. The highest BCUT2D eigenvalue weighted by atomic mass is 19.1. The second kappa shape index (κ2) is 11.2. The minimum atomic E-state index is -0.770. The largest absolute Gasteiger partial charge is 0.462 e. The van der Waals surface area contributed by atoms with Gasteiger partial charge in [0, 0.05) is 0 Å². The fourth-order valence-electron chi connectivity index (χ4n) is 4.17. The van der Waals surface area contributed by atoms with E-state index in [4.69, 9.17) is 10.00 Å². The number of unbranched alkanes of at least 4 members (excludes halogenated alkanes) is 1. The lowest BCUT2D eigenvalue weighted by molar-refractivity contribution is -0.157. The lowest BCUT2D eigenvalue weighted by Crippen LogP contribution is -2.29. The summed E-state index contributed by atoms with van der Waals surface area (Å²) in [7, 11) is 0. The van der Waals surface area contributed by atoms with Gasteiger partial charge in [0.1, 0.15) is 12.2 Å². The van der Waals surface area contributed by atoms with Crippen LogP contribution >= 0.6 is 0 Å². The van der Waals surface area contributed by atoms with E-state index in [1.807, 2.05) is 6.08 Å². The van der Waals surface area contributed by atoms with Crippen molar-refractivity contribution in [3.05, 3.63) is 24.1 Å². The molecular formula is C22H32FNO2. The number of esters is 1. The predicted octanol–water partition coefficient (Wildman–Crippen LogP) is 6.02. The monoisotopic (exact) mass is 361 g/mol. The van der Waals surface area contributed by atoms with Gasteiger partial charge in [-0.05, 0) is 69.3 Å². The SMILES string of the molecule is CCCC[C@H]1CC[C@H](C(=O)O[C@H]2CC[C@H](C=CC=C(F)C#N)CC2)CC1. The Bertz CT molecular complexity index is 533. The Hall–Kier alpha value is -1.63. The van der Waals surface area contributed by atoms with Gasteiger partial charge in [-0.3, -0.25) is 4.79 Å². The summed E-state index contributed by atoms with van der Waals surface area (Å²) in [6.07, 6.45) is 16.6. The average molecular weight is 362 g/mol. The number of hydrogen-bond acceptors (Lipinski definition) is 3. The van der Waals surface area contributed by atoms with Crippen LogP contribution in [0.4, 0.5) is 4.39 Å². The maximum absolute atomic E-state index is 12.7. The lowest BCUT2D eigenvalue weighted by Gasteiger charge is -2.31. The first-order valence-corrected chi connectivity index (χ1v) is 10.3. The summed E-state index contributed by atoms with van der Waals surface area (Å²) in [5.74, 6) is 0.526. The van der Waals surface area contributed by atoms with E-state index in [2.05, 4.69) is 6.92 Å². The van der Waals surface area contributed by atoms with Crippen LogP contribution in [0.5, 0.6) is 0 Å². The molecule has 0 atom stereocenters. The van der Waals surface area contributed by atoms with Crippen LogP contribution in [0.15, 0.2) is 24.1 Å². The molecule has 0 bridgehead atoms. The van der Waals surface area contributed by atoms with Gasteiger partial charge in [-0.1, -0.05) is 38.3 Å². The average Bonchev–Trinajstić information content (AvgIpc) is 2.68. The topological polar surface area (TPSA) is 50.1 Å². The summed E-state index contributed by atoms with van der Waals surface area (Å²) in [5.41, 5.74) is 0. The van der Waals surface area contributed by atoms with Gasteiger partial charge in [-0.15, -0.1) is 0 Å². The molecule has 4 heteroatoms. The van der Waals surface area contributed by atoms with Crippen molar-refractivity contribution in [3.63, 3.8) is 0 Å². The summed E-state index contributed by atoms with van der Waals surface area (Å²) in [6.45, 7) is 2.23. The quantitative estimate of drug-likeness (QED) is 0.316. The summed E-state index contributed by atoms with van der Waals surface area (Å²) in [6, 6.07) is 1.46. The van der Waals surface area contributed by atoms with Gasteiger partial charge < -0.3 is 4.74 Å². The van der Waals surface area contributed by atoms with Crippen LogP contribution in [0.1, 0.15) is 77.6 Å². The van der Waals surface area contributed by atoms with Crippen molar-refractivity contribution >= 4 is 5.97 Å². The molecule has 0 radical (unpaired) electrons. The first-order chi connectivity index (χ1) is 12.6. The van der Waals surface area contributed by atoms with E-state index in [0.29, 0.717) is 5.92 Å². The molecule has 26 heavy (non-hydrogen) atoms. The van der Waals surface area contributed by atoms with Gasteiger partial charge in [0.15, 0.2) is 5.83 Å². The minimum absolute atomic E-state index is 0.0111. The van der Waals surface area contributed by atoms with Gasteiger partial charge in [-0.2, -0.15) is 9.65 Å². The van der Waals surface area contributed by atoms with E-state index >= 15 is 0 Å². The summed E-state index contributed by atoms with van der Waals surface area (Å²) >= 11 is 0. The number of hydrogen-bond donors (Lipinski definition) is 0. The zero-order valence-electron chi connectivity index (χ0n) is 16.0. The van der Waals surface area contributed by atoms with Crippen molar-refractivity contribution in [1.82, 2.24) is 0 Å². The second-order valence-electron chi connectivity index (χ2n) is 7.84. The molecule has 0 spiro atoms. The number of halogens is 1. The number of nitriles is 1. The van der Waals surface area contributed by atoms with Crippen molar-refractivity contribution in [2.45, 2.75) is 83.7 Å². The molecule has 2 aliphatic rings. The highest BCUT2D eigenvalue weighted by Gasteiger charge is 2.30. The molecule has 0 aromatic heterocycles. The first kappa shape index (κ1) is 20.7. The van der Waals surface area contributed by atoms with Gasteiger partial charge in [0.25, 0.3) is 0 Å². The third-order valence-corrected chi connectivity index (χ3v) is 5.88. The highest BCUT2D eigenvalue weighted by molar-refractivity contribution is 5.72. The van der Waals surface area contributed by atoms with Crippen molar-refractivity contribution in [2.24, 2.45) is 17.8 Å². The van der Waals surface area contributed by atoms with E-state index in [1.165, 1.54) is 44.2 Å². The fraction of sp³-hybridized carbons (Fsp3) is 0.727. The molecule has 2 saturated carbocycles. The van der Waals surface area contributed by atoms with Crippen LogP contribution in [0.2, 0.25) is 0 Å². The predicted molar refractivity (Wildman–Crippen MR) is 101 cm³/mol. The van der Waals surface area contributed by atoms with E-state index < -0.39 is 5.83 Å². The van der Waals surface area contributed by atoms with E-state index in [0.717, 1.165) is 44.4 Å². The molecule has 2 aliphatic carbocycles. The van der Waals surface area contributed by atoms with Crippen molar-refractivity contribution in [3.8, 4) is 6.07 Å². The van der Waals surface area contributed by atoms with E-state index in [9.17, 15) is 9.18 Å². The van der Waals surface area contributed by atoms with E-state index in [-0.39, 0.29) is 18.0 Å². The zero-order chi connectivity index (χ0) is 18.8. The zero-order valence-corrected chi connectivity index (χ0v) is 16.0. The Balaban J connectivity index is 1.66. The maximum atomic E-state index is 12.7. The van der Waals surface area contributed by atoms with Crippen molar-refractivity contribution in [2.75, 3.05) is 0 Å². The number of carbonyl (C=O) groups excluding carboxylic acids is 1. The standard InChI is InChI=1S/C22H32FNO2/c1-2-3-5-17-8-12-19(13-9-17)22(25)26-21-14-10-18(11-15-21)6-4-7-20(23)16-24/h4,6-7,17-19,21H,2-3,5,8-15H2,1H3/t17-,18-,19-,21-. The summed E-state index contributed by atoms with van der Waals surface area (Å²) in [5, 5.41) is 8.37. The molecule has 0 saturated heterocycles. The van der Waals surface area contributed by atoms with E-state index in [1.54, 1.807) is 6.08 Å². The molecule has 0 heterocycles. The Labute approximate surface area is 157 Å². The lowest BCUT2D eigenvalue weighted by atomic mass is 9.80. The van der Waals surface area contributed by atoms with Crippen LogP contribution in [0.3, 0.4) is 0 Å². The Morgan fingerprint density at radius 1 is 1.15 bits per heavy atom. The van der Waals surface area contributed by atoms with Crippen LogP contribution in [0, 0.1) is 29.1 Å². The molecule has 144 valence electrons. The fourth-order valence-corrected chi connectivity index (χ4v) is 4.17. The van der Waals surface area contributed by atoms with Crippen molar-refractivity contribution < 1.29 is 13.9 Å². The van der Waals surface area contributed by atoms with Gasteiger partial charge in [0.2, 0.25) is 0 Å². The van der Waals surface area contributed by atoms with Crippen LogP contribution in [-0.2, 0) is 9.53 Å². The third-order valence-electron chi connectivity index (χ3n) is 5.88. The molecule has 0 unspecified atom stereocenters. The number of rotatable bonds is 7. The Morgan fingerprint density at radius 3 is 2.46 bits per heavy atom. The summed E-state index contributed by atoms with van der Waals surface area (Å²) in [4.78, 5) is 12.4. The maximum Gasteiger partial charge on any atom is 0.309 e. The van der Waals surface area contributed by atoms with Crippen LogP contribution in [-0.4, -0.2) is 12.1 Å². The summed E-state index contributed by atoms with van der Waals surface area (Å²) < 4.78 is 18.5. The smallest absolute Gasteiger partial charge is 0.309 e. The second-order valence-corrected chi connectivity index (χ2v) is 7.84. The molecule has 2 rings (SSSR count). The molecular weight excluding hydrogens is 329 g/mol. The Kier molecular flexibility index (Phi) is 8.88. The minimum Gasteiger partial charge on any atom is -0.462 e. The molecule has 0 N–H and O–H groups in total. The van der Waals surface area contributed by atoms with Gasteiger partial charge in [0.05, 0.1) is 5.92 Å². The molecule has 0 aromatic carbocycles. The number of nitrogens with zero attached hydrogens (tertiary/aromatic N) is 1. The van der Waals surface area contributed by atoms with Crippen LogP contribution < -0.4 is 0 Å². The number of allylic oxidation sites excluding steroid dienone is 4. The molecule has 0 aliphatic heterocycles. The molecule has 0 amide bonds. The molecule has 3 nitrogen and oxygen atoms in total. The number of ether oxygens (including phenoxy) is 1. The molecule has 2 fully saturated rings. The first-order valence-electron chi connectivity index (χ1n) is 10.3. The van der Waals surface area contributed by atoms with Crippen molar-refractivity contribution in [1.29, 1.82) is 5.26 Å². The van der Waals surface area contributed by atoms with Crippen LogP contribution in [0.25, 0.3) is 0 Å².